The van der Waals surface area contributed by atoms with Crippen LogP contribution in [-0.2, 0) is 17.9 Å². The Morgan fingerprint density at radius 3 is 2.81 bits per heavy atom. The summed E-state index contributed by atoms with van der Waals surface area (Å²) in [5, 5.41) is 4.50. The van der Waals surface area contributed by atoms with Crippen molar-refractivity contribution < 1.29 is 14.2 Å². The summed E-state index contributed by atoms with van der Waals surface area (Å²) in [5.41, 5.74) is 1.99. The average Bonchev–Trinajstić information content (AvgIpc) is 3.16. The summed E-state index contributed by atoms with van der Waals surface area (Å²) in [4.78, 5) is 0. The van der Waals surface area contributed by atoms with Gasteiger partial charge in [-0.1, -0.05) is 41.4 Å². The molecule has 4 nitrogen and oxygen atoms in total. The van der Waals surface area contributed by atoms with Crippen LogP contribution in [0.3, 0.4) is 0 Å². The first-order chi connectivity index (χ1) is 12.7. The van der Waals surface area contributed by atoms with Gasteiger partial charge in [-0.2, -0.15) is 0 Å². The van der Waals surface area contributed by atoms with E-state index in [0.29, 0.717) is 35.1 Å². The van der Waals surface area contributed by atoms with Gasteiger partial charge in [0.1, 0.15) is 6.61 Å². The molecule has 0 saturated carbocycles. The summed E-state index contributed by atoms with van der Waals surface area (Å²) in [6.07, 6.45) is 2.57. The van der Waals surface area contributed by atoms with E-state index >= 15 is 0 Å². The van der Waals surface area contributed by atoms with E-state index in [1.165, 1.54) is 0 Å². The van der Waals surface area contributed by atoms with Gasteiger partial charge in [0.15, 0.2) is 11.5 Å². The van der Waals surface area contributed by atoms with Gasteiger partial charge in [0.25, 0.3) is 0 Å². The third-order valence-electron chi connectivity index (χ3n) is 4.36. The summed E-state index contributed by atoms with van der Waals surface area (Å²) in [6, 6.07) is 11.4. The fourth-order valence-electron chi connectivity index (χ4n) is 2.98. The molecule has 0 aliphatic carbocycles. The van der Waals surface area contributed by atoms with Gasteiger partial charge in [-0.05, 0) is 36.6 Å². The maximum atomic E-state index is 6.08. The van der Waals surface area contributed by atoms with Gasteiger partial charge in [0.2, 0.25) is 0 Å². The molecular formula is C20H23Cl2NO3. The van der Waals surface area contributed by atoms with E-state index < -0.39 is 0 Å². The molecule has 0 spiro atoms. The molecule has 1 N–H and O–H groups in total. The second kappa shape index (κ2) is 9.47. The molecule has 2 aromatic carbocycles. The zero-order valence-electron chi connectivity index (χ0n) is 14.8. The molecule has 1 aliphatic heterocycles. The smallest absolute Gasteiger partial charge is 0.166 e. The molecular weight excluding hydrogens is 373 g/mol. The second-order valence-corrected chi connectivity index (χ2v) is 7.07. The number of halogens is 2. The fraction of sp³-hybridized carbons (Fsp3) is 0.400. The number of nitrogens with one attached hydrogen (secondary N) is 1. The lowest BCUT2D eigenvalue weighted by Crippen LogP contribution is -2.26. The minimum atomic E-state index is 0.307. The van der Waals surface area contributed by atoms with E-state index in [0.717, 1.165) is 42.9 Å². The Hall–Kier alpha value is -1.46. The summed E-state index contributed by atoms with van der Waals surface area (Å²) in [5.74, 6) is 1.45. The van der Waals surface area contributed by atoms with Crippen molar-refractivity contribution in [2.45, 2.75) is 32.1 Å². The van der Waals surface area contributed by atoms with Crippen molar-refractivity contribution in [2.24, 2.45) is 0 Å². The summed E-state index contributed by atoms with van der Waals surface area (Å²) < 4.78 is 17.2. The lowest BCUT2D eigenvalue weighted by molar-refractivity contribution is 0.110. The maximum Gasteiger partial charge on any atom is 0.166 e. The normalized spacial score (nSPS) is 16.7. The first-order valence-electron chi connectivity index (χ1n) is 8.72. The molecule has 3 rings (SSSR count). The Morgan fingerprint density at radius 2 is 2.08 bits per heavy atom. The molecule has 1 saturated heterocycles. The maximum absolute atomic E-state index is 6.08. The van der Waals surface area contributed by atoms with Crippen LogP contribution in [-0.4, -0.2) is 26.4 Å². The summed E-state index contributed by atoms with van der Waals surface area (Å²) in [6.45, 7) is 2.77. The molecule has 0 bridgehead atoms. The highest BCUT2D eigenvalue weighted by molar-refractivity contribution is 6.42. The third-order valence-corrected chi connectivity index (χ3v) is 5.10. The van der Waals surface area contributed by atoms with Crippen LogP contribution in [0.5, 0.6) is 11.5 Å². The Kier molecular flexibility index (Phi) is 7.03. The predicted molar refractivity (Wildman–Crippen MR) is 104 cm³/mol. The van der Waals surface area contributed by atoms with Crippen LogP contribution in [0.25, 0.3) is 0 Å². The van der Waals surface area contributed by atoms with Crippen LogP contribution in [0.4, 0.5) is 0 Å². The van der Waals surface area contributed by atoms with E-state index in [-0.39, 0.29) is 0 Å². The molecule has 0 unspecified atom stereocenters. The number of para-hydroxylation sites is 1. The molecule has 1 fully saturated rings. The van der Waals surface area contributed by atoms with Crippen LogP contribution in [0.1, 0.15) is 24.0 Å². The van der Waals surface area contributed by atoms with Crippen molar-refractivity contribution >= 4 is 23.2 Å². The Morgan fingerprint density at radius 1 is 1.19 bits per heavy atom. The molecule has 1 heterocycles. The van der Waals surface area contributed by atoms with Crippen LogP contribution in [0.2, 0.25) is 10.0 Å². The number of methoxy groups -OCH3 is 1. The van der Waals surface area contributed by atoms with Crippen molar-refractivity contribution in [1.29, 1.82) is 0 Å². The van der Waals surface area contributed by atoms with Crippen LogP contribution < -0.4 is 14.8 Å². The largest absolute Gasteiger partial charge is 0.493 e. The van der Waals surface area contributed by atoms with Gasteiger partial charge >= 0.3 is 0 Å². The number of rotatable bonds is 8. The molecule has 140 valence electrons. The van der Waals surface area contributed by atoms with E-state index in [2.05, 4.69) is 5.32 Å². The summed E-state index contributed by atoms with van der Waals surface area (Å²) >= 11 is 12.1. The van der Waals surface area contributed by atoms with E-state index in [4.69, 9.17) is 37.4 Å². The minimum absolute atomic E-state index is 0.307. The number of ether oxygens (including phenoxy) is 3. The summed E-state index contributed by atoms with van der Waals surface area (Å²) in [7, 11) is 1.64. The zero-order valence-corrected chi connectivity index (χ0v) is 16.3. The third kappa shape index (κ3) is 5.04. The highest BCUT2D eigenvalue weighted by Gasteiger charge is 2.16. The van der Waals surface area contributed by atoms with Gasteiger partial charge < -0.3 is 19.5 Å². The van der Waals surface area contributed by atoms with Crippen molar-refractivity contribution in [3.05, 3.63) is 57.6 Å². The molecule has 26 heavy (non-hydrogen) atoms. The first-order valence-corrected chi connectivity index (χ1v) is 9.48. The van der Waals surface area contributed by atoms with Crippen molar-refractivity contribution in [2.75, 3.05) is 20.3 Å². The van der Waals surface area contributed by atoms with Crippen molar-refractivity contribution in [3.63, 3.8) is 0 Å². The quantitative estimate of drug-likeness (QED) is 0.693. The molecule has 1 aliphatic rings. The Balaban J connectivity index is 1.66. The molecule has 0 aromatic heterocycles. The number of benzene rings is 2. The van der Waals surface area contributed by atoms with Gasteiger partial charge in [0, 0.05) is 25.3 Å². The SMILES string of the molecule is COc1cccc(CNC[C@H]2CCCO2)c1OCc1ccc(Cl)c(Cl)c1. The average molecular weight is 396 g/mol. The van der Waals surface area contributed by atoms with E-state index in [9.17, 15) is 0 Å². The van der Waals surface area contributed by atoms with Gasteiger partial charge in [-0.15, -0.1) is 0 Å². The molecule has 0 radical (unpaired) electrons. The Bertz CT molecular complexity index is 733. The lowest BCUT2D eigenvalue weighted by atomic mass is 10.1. The number of hydrogen-bond donors (Lipinski definition) is 1. The van der Waals surface area contributed by atoms with Crippen molar-refractivity contribution in [3.8, 4) is 11.5 Å². The number of hydrogen-bond acceptors (Lipinski definition) is 4. The monoisotopic (exact) mass is 395 g/mol. The zero-order chi connectivity index (χ0) is 18.4. The van der Waals surface area contributed by atoms with Crippen LogP contribution >= 0.6 is 23.2 Å². The van der Waals surface area contributed by atoms with E-state index in [1.54, 1.807) is 13.2 Å². The lowest BCUT2D eigenvalue weighted by Gasteiger charge is -2.17. The predicted octanol–water partition coefficient (Wildman–Crippen LogP) is 4.85. The standard InChI is InChI=1S/C20H23Cl2NO3/c1-24-19-6-2-4-15(11-23-12-16-5-3-9-25-16)20(19)26-13-14-7-8-17(21)18(22)10-14/h2,4,6-8,10,16,23H,3,5,9,11-13H2,1H3/t16-/m1/s1. The van der Waals surface area contributed by atoms with Crippen LogP contribution in [0.15, 0.2) is 36.4 Å². The molecule has 1 atom stereocenters. The Labute approximate surface area is 164 Å². The van der Waals surface area contributed by atoms with Gasteiger partial charge in [-0.3, -0.25) is 0 Å². The second-order valence-electron chi connectivity index (χ2n) is 6.25. The van der Waals surface area contributed by atoms with Gasteiger partial charge in [-0.25, -0.2) is 0 Å². The highest BCUT2D eigenvalue weighted by atomic mass is 35.5. The van der Waals surface area contributed by atoms with Crippen molar-refractivity contribution in [1.82, 2.24) is 5.32 Å². The van der Waals surface area contributed by atoms with Crippen LogP contribution in [0, 0.1) is 0 Å². The highest BCUT2D eigenvalue weighted by Crippen LogP contribution is 2.32. The first kappa shape index (κ1) is 19.3. The molecule has 0 amide bonds. The minimum Gasteiger partial charge on any atom is -0.493 e. The topological polar surface area (TPSA) is 39.7 Å². The van der Waals surface area contributed by atoms with E-state index in [1.807, 2.05) is 30.3 Å². The van der Waals surface area contributed by atoms with Gasteiger partial charge in [0.05, 0.1) is 23.3 Å². The molecule has 6 heteroatoms. The fourth-order valence-corrected chi connectivity index (χ4v) is 3.30. The molecule has 2 aromatic rings.